The zero-order valence-corrected chi connectivity index (χ0v) is 13.4. The fourth-order valence-corrected chi connectivity index (χ4v) is 1.66. The number of alkyl halides is 6. The largest absolute Gasteiger partial charge is 0.408 e. The summed E-state index contributed by atoms with van der Waals surface area (Å²) in [5, 5.41) is 2.18. The van der Waals surface area contributed by atoms with E-state index >= 15 is 0 Å². The van der Waals surface area contributed by atoms with Crippen LogP contribution in [0.15, 0.2) is 18.2 Å². The van der Waals surface area contributed by atoms with Gasteiger partial charge in [0.2, 0.25) is 11.9 Å². The van der Waals surface area contributed by atoms with Crippen molar-refractivity contribution in [2.45, 2.75) is 38.1 Å². The SMILES string of the molecule is [2H]C([2H])([2H])C([2H])(Nc1nc(NC([2H])(C([2H])([2H])[2H])C(F)(F)F)nc(-c2cccc(Cl)n2)n1)C(F)(F)F. The van der Waals surface area contributed by atoms with Crippen LogP contribution in [0.3, 0.4) is 0 Å². The van der Waals surface area contributed by atoms with Crippen LogP contribution < -0.4 is 10.6 Å². The summed E-state index contributed by atoms with van der Waals surface area (Å²) >= 11 is 5.71. The summed E-state index contributed by atoms with van der Waals surface area (Å²) in [6.07, 6.45) is -11.6. The lowest BCUT2D eigenvalue weighted by molar-refractivity contribution is -0.139. The third kappa shape index (κ3) is 5.81. The number of pyridine rings is 1. The highest BCUT2D eigenvalue weighted by Crippen LogP contribution is 2.26. The maximum Gasteiger partial charge on any atom is 0.408 e. The van der Waals surface area contributed by atoms with E-state index in [1.54, 1.807) is 0 Å². The first kappa shape index (κ1) is 12.2. The highest BCUT2D eigenvalue weighted by molar-refractivity contribution is 6.29. The Balaban J connectivity index is 2.75. The quantitative estimate of drug-likeness (QED) is 0.552. The lowest BCUT2D eigenvalue weighted by atomic mass is 10.3. The van der Waals surface area contributed by atoms with Crippen molar-refractivity contribution in [1.29, 1.82) is 0 Å². The molecule has 2 aromatic rings. The van der Waals surface area contributed by atoms with Gasteiger partial charge in [0.25, 0.3) is 0 Å². The second-order valence-electron chi connectivity index (χ2n) is 4.65. The van der Waals surface area contributed by atoms with Crippen LogP contribution in [-0.2, 0) is 0 Å². The Labute approximate surface area is 165 Å². The van der Waals surface area contributed by atoms with Gasteiger partial charge in [0, 0.05) is 8.22 Å². The predicted molar refractivity (Wildman–Crippen MR) is 86.3 cm³/mol. The molecule has 0 saturated heterocycles. The van der Waals surface area contributed by atoms with Crippen LogP contribution in [0.1, 0.15) is 24.7 Å². The lowest BCUT2D eigenvalue weighted by Gasteiger charge is -2.20. The molecular weight excluding hydrogens is 402 g/mol. The van der Waals surface area contributed by atoms with Gasteiger partial charge in [0.1, 0.15) is 22.9 Å². The van der Waals surface area contributed by atoms with Gasteiger partial charge in [-0.05, 0) is 25.8 Å². The highest BCUT2D eigenvalue weighted by Gasteiger charge is 2.38. The summed E-state index contributed by atoms with van der Waals surface area (Å²) in [5.41, 5.74) is -0.362. The van der Waals surface area contributed by atoms with E-state index in [0.717, 1.165) is 6.07 Å². The van der Waals surface area contributed by atoms with Gasteiger partial charge in [-0.3, -0.25) is 0 Å². The van der Waals surface area contributed by atoms with Crippen LogP contribution in [-0.4, -0.2) is 44.3 Å². The number of aromatic nitrogens is 4. The number of halogens is 7. The Morgan fingerprint density at radius 3 is 1.85 bits per heavy atom. The minimum Gasteiger partial charge on any atom is -0.343 e. The summed E-state index contributed by atoms with van der Waals surface area (Å²) in [6, 6.07) is -5.31. The average Bonchev–Trinajstić information content (AvgIpc) is 2.64. The third-order valence-corrected chi connectivity index (χ3v) is 2.83. The minimum atomic E-state index is -5.78. The molecule has 0 radical (unpaired) electrons. The first-order chi connectivity index (χ1) is 15.5. The molecule has 148 valence electrons. The smallest absolute Gasteiger partial charge is 0.343 e. The Bertz CT molecular complexity index is 991. The fourth-order valence-electron chi connectivity index (χ4n) is 1.50. The molecule has 0 aliphatic heterocycles. The molecule has 2 atom stereocenters. The zero-order chi connectivity index (χ0) is 27.3. The van der Waals surface area contributed by atoms with Crippen LogP contribution in [0.4, 0.5) is 38.2 Å². The number of hydrogen-bond donors (Lipinski definition) is 2. The van der Waals surface area contributed by atoms with Crippen molar-refractivity contribution in [3.63, 3.8) is 0 Å². The molecule has 2 aromatic heterocycles. The monoisotopic (exact) mass is 422 g/mol. The summed E-state index contributed by atoms with van der Waals surface area (Å²) in [4.78, 5) is 13.8. The number of nitrogens with one attached hydrogen (secondary N) is 2. The van der Waals surface area contributed by atoms with Crippen molar-refractivity contribution in [1.82, 2.24) is 19.9 Å². The molecule has 27 heavy (non-hydrogen) atoms. The Morgan fingerprint density at radius 2 is 1.44 bits per heavy atom. The van der Waals surface area contributed by atoms with Gasteiger partial charge in [0.05, 0.1) is 2.74 Å². The number of hydrogen-bond acceptors (Lipinski definition) is 6. The number of nitrogens with zero attached hydrogens (tertiary/aromatic N) is 4. The molecule has 0 bridgehead atoms. The molecule has 0 aliphatic carbocycles. The van der Waals surface area contributed by atoms with Crippen LogP contribution in [0, 0.1) is 0 Å². The van der Waals surface area contributed by atoms with Crippen LogP contribution in [0.2, 0.25) is 5.15 Å². The molecule has 6 nitrogen and oxygen atoms in total. The van der Waals surface area contributed by atoms with Gasteiger partial charge in [-0.2, -0.15) is 41.3 Å². The molecule has 0 aliphatic rings. The summed E-state index contributed by atoms with van der Waals surface area (Å²) < 4.78 is 138. The first-order valence-corrected chi connectivity index (χ1v) is 6.98. The van der Waals surface area contributed by atoms with Gasteiger partial charge < -0.3 is 10.6 Å². The summed E-state index contributed by atoms with van der Waals surface area (Å²) in [7, 11) is 0. The molecule has 0 aromatic carbocycles. The predicted octanol–water partition coefficient (Wildman–Crippen LogP) is 4.31. The van der Waals surface area contributed by atoms with E-state index in [-0.39, 0.29) is 10.8 Å². The summed E-state index contributed by atoms with van der Waals surface area (Å²) in [5.74, 6) is -3.58. The van der Waals surface area contributed by atoms with E-state index in [9.17, 15) is 26.3 Å². The molecular formula is C14H13ClF6N6. The van der Waals surface area contributed by atoms with Gasteiger partial charge >= 0.3 is 12.4 Å². The summed E-state index contributed by atoms with van der Waals surface area (Å²) in [6.45, 7) is -8.19. The molecule has 0 spiro atoms. The fraction of sp³-hybridized carbons (Fsp3) is 0.429. The van der Waals surface area contributed by atoms with E-state index in [1.165, 1.54) is 22.8 Å². The van der Waals surface area contributed by atoms with Crippen molar-refractivity contribution in [2.24, 2.45) is 0 Å². The van der Waals surface area contributed by atoms with Crippen molar-refractivity contribution in [3.05, 3.63) is 23.4 Å². The molecule has 2 N–H and O–H groups in total. The molecule has 2 rings (SSSR count). The maximum absolute atomic E-state index is 13.5. The Hall–Kier alpha value is -2.37. The van der Waals surface area contributed by atoms with E-state index < -0.39 is 55.8 Å². The van der Waals surface area contributed by atoms with Gasteiger partial charge in [-0.1, -0.05) is 17.7 Å². The molecule has 0 amide bonds. The number of anilines is 2. The second kappa shape index (κ2) is 7.71. The van der Waals surface area contributed by atoms with Crippen LogP contribution in [0.5, 0.6) is 0 Å². The molecule has 0 saturated carbocycles. The Kier molecular flexibility index (Phi) is 3.47. The molecule has 2 unspecified atom stereocenters. The van der Waals surface area contributed by atoms with E-state index in [4.69, 9.17) is 22.6 Å². The van der Waals surface area contributed by atoms with Gasteiger partial charge in [0.15, 0.2) is 5.82 Å². The van der Waals surface area contributed by atoms with Crippen molar-refractivity contribution < 1.29 is 37.3 Å². The minimum absolute atomic E-state index is 0.216. The standard InChI is InChI=1S/C14H13ClF6N6/c1-6(13(16,17)18)22-11-25-10(8-4-3-5-9(15)24-8)26-12(27-11)23-7(2)14(19,20)21/h3-7H,1-2H3,(H2,22,23,25,26,27)/i1D3,2D3,6D,7D. The van der Waals surface area contributed by atoms with Gasteiger partial charge in [-0.15, -0.1) is 0 Å². The van der Waals surface area contributed by atoms with Gasteiger partial charge in [-0.25, -0.2) is 4.98 Å². The van der Waals surface area contributed by atoms with Crippen LogP contribution >= 0.6 is 11.6 Å². The van der Waals surface area contributed by atoms with Crippen molar-refractivity contribution in [2.75, 3.05) is 10.6 Å². The zero-order valence-electron chi connectivity index (χ0n) is 20.7. The molecule has 0 fully saturated rings. The van der Waals surface area contributed by atoms with E-state index in [0.29, 0.717) is 0 Å². The molecule has 2 heterocycles. The second-order valence-corrected chi connectivity index (χ2v) is 5.03. The van der Waals surface area contributed by atoms with Crippen molar-refractivity contribution >= 4 is 23.5 Å². The topological polar surface area (TPSA) is 75.6 Å². The van der Waals surface area contributed by atoms with Crippen molar-refractivity contribution in [3.8, 4) is 11.5 Å². The van der Waals surface area contributed by atoms with E-state index in [1.807, 2.05) is 0 Å². The highest BCUT2D eigenvalue weighted by atomic mass is 35.5. The first-order valence-electron chi connectivity index (χ1n) is 10.6. The lowest BCUT2D eigenvalue weighted by Crippen LogP contribution is -2.35. The third-order valence-electron chi connectivity index (χ3n) is 2.62. The van der Waals surface area contributed by atoms with E-state index in [2.05, 4.69) is 19.9 Å². The Morgan fingerprint density at radius 1 is 0.926 bits per heavy atom. The maximum atomic E-state index is 13.5. The normalized spacial score (nSPS) is 22.2. The average molecular weight is 423 g/mol. The number of rotatable bonds is 5. The van der Waals surface area contributed by atoms with Crippen LogP contribution in [0.25, 0.3) is 11.5 Å². The molecule has 13 heteroatoms.